The van der Waals surface area contributed by atoms with Crippen molar-refractivity contribution in [2.24, 2.45) is 5.41 Å². The lowest BCUT2D eigenvalue weighted by atomic mass is 9.72. The number of benzene rings is 2. The molecule has 3 nitrogen and oxygen atoms in total. The zero-order valence-electron chi connectivity index (χ0n) is 15.8. The van der Waals surface area contributed by atoms with Crippen molar-refractivity contribution in [3.63, 3.8) is 0 Å². The Morgan fingerprint density at radius 3 is 2.00 bits per heavy atom. The third-order valence-electron chi connectivity index (χ3n) is 5.11. The first-order valence-electron chi connectivity index (χ1n) is 8.86. The topological polar surface area (TPSA) is 57.5 Å². The molecule has 0 radical (unpaired) electrons. The van der Waals surface area contributed by atoms with Crippen LogP contribution >= 0.6 is 0 Å². The number of carboxylic acid groups (broad SMARTS) is 1. The van der Waals surface area contributed by atoms with E-state index in [0.29, 0.717) is 5.56 Å². The van der Waals surface area contributed by atoms with Gasteiger partial charge in [-0.15, -0.1) is 0 Å². The van der Waals surface area contributed by atoms with Gasteiger partial charge in [0.05, 0.1) is 6.10 Å². The van der Waals surface area contributed by atoms with Crippen molar-refractivity contribution in [2.75, 3.05) is 0 Å². The first kappa shape index (κ1) is 20.1. The van der Waals surface area contributed by atoms with Gasteiger partial charge in [-0.3, -0.25) is 4.79 Å². The molecule has 2 aromatic carbocycles. The van der Waals surface area contributed by atoms with Gasteiger partial charge in [-0.1, -0.05) is 64.1 Å². The van der Waals surface area contributed by atoms with E-state index in [1.165, 1.54) is 24.3 Å². The lowest BCUT2D eigenvalue weighted by Crippen LogP contribution is -2.39. The monoisotopic (exact) mass is 358 g/mol. The number of rotatable bonds is 6. The Morgan fingerprint density at radius 2 is 1.58 bits per heavy atom. The molecule has 0 bridgehead atoms. The van der Waals surface area contributed by atoms with Crippen molar-refractivity contribution in [1.82, 2.24) is 0 Å². The number of carbonyl (C=O) groups is 1. The maximum absolute atomic E-state index is 13.2. The molecular formula is C22H27FO3. The lowest BCUT2D eigenvalue weighted by molar-refractivity contribution is -0.157. The normalized spacial score (nSPS) is 15.3. The molecule has 0 spiro atoms. The molecule has 2 unspecified atom stereocenters. The highest BCUT2D eigenvalue weighted by Crippen LogP contribution is 2.41. The number of carboxylic acids is 1. The second-order valence-electron chi connectivity index (χ2n) is 7.89. The molecule has 2 aromatic rings. The van der Waals surface area contributed by atoms with E-state index < -0.39 is 23.3 Å². The molecule has 2 rings (SSSR count). The van der Waals surface area contributed by atoms with Crippen LogP contribution in [0.5, 0.6) is 0 Å². The Kier molecular flexibility index (Phi) is 5.87. The number of aliphatic hydroxyl groups excluding tert-OH is 1. The second kappa shape index (κ2) is 7.58. The third-order valence-corrected chi connectivity index (χ3v) is 5.11. The highest BCUT2D eigenvalue weighted by molar-refractivity contribution is 5.76. The Hall–Kier alpha value is -2.20. The van der Waals surface area contributed by atoms with Gasteiger partial charge in [-0.2, -0.15) is 0 Å². The molecule has 0 aliphatic rings. The van der Waals surface area contributed by atoms with E-state index in [9.17, 15) is 19.4 Å². The van der Waals surface area contributed by atoms with E-state index in [1.807, 2.05) is 24.3 Å². The summed E-state index contributed by atoms with van der Waals surface area (Å²) in [6, 6.07) is 13.2. The molecule has 2 N–H and O–H groups in total. The standard InChI is InChI=1S/C22H27FO3/c1-5-22(20(25)26,19(24)16-8-12-18(23)13-9-16)14-15-6-10-17(11-7-15)21(2,3)4/h6-13,19,24H,5,14H2,1-4H3,(H,25,26). The summed E-state index contributed by atoms with van der Waals surface area (Å²) in [6.07, 6.45) is -0.781. The Bertz CT molecular complexity index is 744. The van der Waals surface area contributed by atoms with Gasteiger partial charge in [-0.05, 0) is 47.1 Å². The molecular weight excluding hydrogens is 331 g/mol. The molecule has 0 saturated heterocycles. The molecule has 0 amide bonds. The van der Waals surface area contributed by atoms with Crippen LogP contribution in [0.1, 0.15) is 56.9 Å². The SMILES string of the molecule is CCC(Cc1ccc(C(C)(C)C)cc1)(C(=O)O)C(O)c1ccc(F)cc1. The van der Waals surface area contributed by atoms with Gasteiger partial charge in [0.15, 0.2) is 0 Å². The number of hydrogen-bond donors (Lipinski definition) is 2. The summed E-state index contributed by atoms with van der Waals surface area (Å²) >= 11 is 0. The molecule has 0 aliphatic heterocycles. The van der Waals surface area contributed by atoms with E-state index in [-0.39, 0.29) is 18.3 Å². The minimum Gasteiger partial charge on any atom is -0.481 e. The summed E-state index contributed by atoms with van der Waals surface area (Å²) in [4.78, 5) is 12.1. The van der Waals surface area contributed by atoms with Crippen molar-refractivity contribution in [3.8, 4) is 0 Å². The van der Waals surface area contributed by atoms with Gasteiger partial charge in [0.1, 0.15) is 11.2 Å². The first-order valence-corrected chi connectivity index (χ1v) is 8.86. The summed E-state index contributed by atoms with van der Waals surface area (Å²) in [5.74, 6) is -1.48. The van der Waals surface area contributed by atoms with Crippen molar-refractivity contribution in [1.29, 1.82) is 0 Å². The second-order valence-corrected chi connectivity index (χ2v) is 7.89. The van der Waals surface area contributed by atoms with Gasteiger partial charge in [-0.25, -0.2) is 4.39 Å². The van der Waals surface area contributed by atoms with E-state index in [2.05, 4.69) is 20.8 Å². The number of halogens is 1. The van der Waals surface area contributed by atoms with Gasteiger partial charge < -0.3 is 10.2 Å². The van der Waals surface area contributed by atoms with Crippen LogP contribution in [-0.4, -0.2) is 16.2 Å². The summed E-state index contributed by atoms with van der Waals surface area (Å²) in [5, 5.41) is 20.8. The van der Waals surface area contributed by atoms with Gasteiger partial charge in [0, 0.05) is 0 Å². The molecule has 2 atom stereocenters. The van der Waals surface area contributed by atoms with Crippen LogP contribution in [0.4, 0.5) is 4.39 Å². The van der Waals surface area contributed by atoms with Crippen LogP contribution in [0.15, 0.2) is 48.5 Å². The molecule has 0 heterocycles. The fourth-order valence-corrected chi connectivity index (χ4v) is 3.21. The third kappa shape index (κ3) is 4.13. The Labute approximate surface area is 154 Å². The van der Waals surface area contributed by atoms with E-state index in [1.54, 1.807) is 6.92 Å². The zero-order chi connectivity index (χ0) is 19.5. The largest absolute Gasteiger partial charge is 0.481 e. The number of aliphatic carboxylic acids is 1. The minimum absolute atomic E-state index is 0.0147. The van der Waals surface area contributed by atoms with Crippen LogP contribution in [0.2, 0.25) is 0 Å². The first-order chi connectivity index (χ1) is 12.1. The van der Waals surface area contributed by atoms with Gasteiger partial charge in [0.2, 0.25) is 0 Å². The molecule has 0 aromatic heterocycles. The average Bonchev–Trinajstić information content (AvgIpc) is 2.59. The van der Waals surface area contributed by atoms with Crippen LogP contribution < -0.4 is 0 Å². The average molecular weight is 358 g/mol. The predicted molar refractivity (Wildman–Crippen MR) is 101 cm³/mol. The summed E-state index contributed by atoms with van der Waals surface area (Å²) < 4.78 is 13.2. The fourth-order valence-electron chi connectivity index (χ4n) is 3.21. The summed E-state index contributed by atoms with van der Waals surface area (Å²) in [7, 11) is 0. The molecule has 140 valence electrons. The van der Waals surface area contributed by atoms with Crippen LogP contribution in [-0.2, 0) is 16.6 Å². The summed E-state index contributed by atoms with van der Waals surface area (Å²) in [6.45, 7) is 8.11. The fraction of sp³-hybridized carbons (Fsp3) is 0.409. The van der Waals surface area contributed by atoms with E-state index in [0.717, 1.165) is 11.1 Å². The predicted octanol–water partition coefficient (Wildman–Crippen LogP) is 4.88. The van der Waals surface area contributed by atoms with E-state index in [4.69, 9.17) is 0 Å². The summed E-state index contributed by atoms with van der Waals surface area (Å²) in [5.41, 5.74) is 1.06. The lowest BCUT2D eigenvalue weighted by Gasteiger charge is -2.34. The Balaban J connectivity index is 2.37. The number of hydrogen-bond acceptors (Lipinski definition) is 2. The van der Waals surface area contributed by atoms with Crippen LogP contribution in [0.3, 0.4) is 0 Å². The van der Waals surface area contributed by atoms with Crippen molar-refractivity contribution < 1.29 is 19.4 Å². The smallest absolute Gasteiger partial charge is 0.312 e. The maximum Gasteiger partial charge on any atom is 0.312 e. The van der Waals surface area contributed by atoms with Crippen LogP contribution in [0, 0.1) is 11.2 Å². The van der Waals surface area contributed by atoms with E-state index >= 15 is 0 Å². The van der Waals surface area contributed by atoms with Crippen LogP contribution in [0.25, 0.3) is 0 Å². The number of aliphatic hydroxyl groups is 1. The molecule has 4 heteroatoms. The molecule has 0 saturated carbocycles. The van der Waals surface area contributed by atoms with Crippen molar-refractivity contribution in [2.45, 2.75) is 52.1 Å². The molecule has 26 heavy (non-hydrogen) atoms. The zero-order valence-corrected chi connectivity index (χ0v) is 15.8. The van der Waals surface area contributed by atoms with Crippen molar-refractivity contribution >= 4 is 5.97 Å². The molecule has 0 aliphatic carbocycles. The minimum atomic E-state index is -1.37. The maximum atomic E-state index is 13.2. The quantitative estimate of drug-likeness (QED) is 0.774. The van der Waals surface area contributed by atoms with Gasteiger partial charge >= 0.3 is 5.97 Å². The van der Waals surface area contributed by atoms with Gasteiger partial charge in [0.25, 0.3) is 0 Å². The highest BCUT2D eigenvalue weighted by atomic mass is 19.1. The Morgan fingerprint density at radius 1 is 1.04 bits per heavy atom. The highest BCUT2D eigenvalue weighted by Gasteiger charge is 2.44. The molecule has 0 fully saturated rings. The van der Waals surface area contributed by atoms with Crippen molar-refractivity contribution in [3.05, 3.63) is 71.0 Å².